The number of amides is 3. The number of rotatable bonds is 5. The van der Waals surface area contributed by atoms with E-state index in [4.69, 9.17) is 0 Å². The fraction of sp³-hybridized carbons (Fsp3) is 0.318. The Bertz CT molecular complexity index is 1020. The van der Waals surface area contributed by atoms with Crippen LogP contribution in [0.25, 0.3) is 0 Å². The van der Waals surface area contributed by atoms with Crippen LogP contribution >= 0.6 is 11.8 Å². The average molecular weight is 445 g/mol. The summed E-state index contributed by atoms with van der Waals surface area (Å²) < 4.78 is 27.9. The lowest BCUT2D eigenvalue weighted by Crippen LogP contribution is -2.56. The molecule has 2 heterocycles. The molecule has 0 aliphatic carbocycles. The van der Waals surface area contributed by atoms with Crippen molar-refractivity contribution >= 4 is 35.2 Å². The molecule has 2 fully saturated rings. The zero-order valence-electron chi connectivity index (χ0n) is 16.5. The number of benzene rings is 2. The Morgan fingerprint density at radius 1 is 1.10 bits per heavy atom. The molecule has 2 saturated heterocycles. The van der Waals surface area contributed by atoms with Crippen molar-refractivity contribution in [2.75, 3.05) is 17.2 Å². The molecule has 162 valence electrons. The largest absolute Gasteiger partial charge is 0.343 e. The van der Waals surface area contributed by atoms with Gasteiger partial charge in [-0.05, 0) is 36.6 Å². The maximum atomic E-state index is 14.0. The van der Waals surface area contributed by atoms with Gasteiger partial charge in [0.05, 0.1) is 10.9 Å². The van der Waals surface area contributed by atoms with Crippen LogP contribution in [0.5, 0.6) is 0 Å². The van der Waals surface area contributed by atoms with Crippen molar-refractivity contribution in [3.63, 3.8) is 0 Å². The van der Waals surface area contributed by atoms with Crippen molar-refractivity contribution in [2.45, 2.75) is 30.2 Å². The third-order valence-electron chi connectivity index (χ3n) is 5.42. The van der Waals surface area contributed by atoms with Gasteiger partial charge in [-0.25, -0.2) is 8.78 Å². The molecule has 0 aromatic heterocycles. The van der Waals surface area contributed by atoms with E-state index in [0.717, 1.165) is 0 Å². The number of hydrogen-bond donors (Lipinski definition) is 2. The number of carbonyl (C=O) groups excluding carboxylic acids is 3. The summed E-state index contributed by atoms with van der Waals surface area (Å²) in [7, 11) is 0. The molecule has 2 aromatic rings. The third kappa shape index (κ3) is 4.56. The Labute approximate surface area is 182 Å². The summed E-state index contributed by atoms with van der Waals surface area (Å²) in [5.74, 6) is -1.74. The van der Waals surface area contributed by atoms with Gasteiger partial charge in [0, 0.05) is 12.3 Å². The van der Waals surface area contributed by atoms with E-state index >= 15 is 0 Å². The molecule has 3 atom stereocenters. The quantitative estimate of drug-likeness (QED) is 0.738. The van der Waals surface area contributed by atoms with Crippen molar-refractivity contribution in [3.8, 4) is 0 Å². The summed E-state index contributed by atoms with van der Waals surface area (Å²) >= 11 is 1.28. The maximum Gasteiger partial charge on any atom is 0.249 e. The van der Waals surface area contributed by atoms with Gasteiger partial charge in [0.25, 0.3) is 0 Å². The number of thioether (sulfide) groups is 1. The maximum absolute atomic E-state index is 14.0. The molecule has 31 heavy (non-hydrogen) atoms. The predicted molar refractivity (Wildman–Crippen MR) is 114 cm³/mol. The fourth-order valence-electron chi connectivity index (χ4n) is 3.75. The number of nitrogens with zero attached hydrogens (tertiary/aromatic N) is 1. The van der Waals surface area contributed by atoms with Crippen LogP contribution in [0.2, 0.25) is 0 Å². The van der Waals surface area contributed by atoms with Gasteiger partial charge in [-0.3, -0.25) is 14.4 Å². The molecule has 2 aliphatic heterocycles. The van der Waals surface area contributed by atoms with E-state index in [0.29, 0.717) is 24.3 Å². The van der Waals surface area contributed by atoms with E-state index in [-0.39, 0.29) is 29.7 Å². The number of halogens is 2. The summed E-state index contributed by atoms with van der Waals surface area (Å²) in [6.45, 7) is 0.293. The summed E-state index contributed by atoms with van der Waals surface area (Å²) in [6.07, 6.45) is 0.582. The second-order valence-electron chi connectivity index (χ2n) is 7.47. The Balaban J connectivity index is 1.33. The molecular weight excluding hydrogens is 424 g/mol. The lowest BCUT2D eigenvalue weighted by molar-refractivity contribution is -0.130. The van der Waals surface area contributed by atoms with Crippen LogP contribution in [0.4, 0.5) is 14.5 Å². The van der Waals surface area contributed by atoms with E-state index in [2.05, 4.69) is 10.6 Å². The van der Waals surface area contributed by atoms with Gasteiger partial charge in [-0.15, -0.1) is 11.8 Å². The molecule has 4 rings (SSSR count). The molecule has 0 spiro atoms. The van der Waals surface area contributed by atoms with Gasteiger partial charge >= 0.3 is 0 Å². The third-order valence-corrected chi connectivity index (χ3v) is 6.73. The molecule has 2 N–H and O–H groups in total. The second-order valence-corrected chi connectivity index (χ2v) is 8.71. The molecule has 0 bridgehead atoms. The molecule has 2 aromatic carbocycles. The lowest BCUT2D eigenvalue weighted by Gasteiger charge is -2.29. The van der Waals surface area contributed by atoms with Crippen molar-refractivity contribution in [1.82, 2.24) is 10.6 Å². The minimum atomic E-state index is -0.787. The van der Waals surface area contributed by atoms with E-state index < -0.39 is 29.1 Å². The highest BCUT2D eigenvalue weighted by Crippen LogP contribution is 2.26. The topological polar surface area (TPSA) is 78.5 Å². The first kappa shape index (κ1) is 21.3. The molecule has 3 amide bonds. The minimum absolute atomic E-state index is 0.182. The van der Waals surface area contributed by atoms with E-state index in [1.54, 1.807) is 30.3 Å². The molecule has 9 heteroatoms. The van der Waals surface area contributed by atoms with Crippen molar-refractivity contribution in [2.24, 2.45) is 0 Å². The number of para-hydroxylation sites is 1. The highest BCUT2D eigenvalue weighted by atomic mass is 32.2. The molecule has 2 aliphatic rings. The number of hydrogen-bond acceptors (Lipinski definition) is 4. The van der Waals surface area contributed by atoms with Gasteiger partial charge < -0.3 is 15.5 Å². The van der Waals surface area contributed by atoms with Gasteiger partial charge in [-0.1, -0.05) is 30.3 Å². The molecule has 6 nitrogen and oxygen atoms in total. The molecular formula is C22H21F2N3O3S. The van der Waals surface area contributed by atoms with Crippen LogP contribution in [-0.2, 0) is 20.8 Å². The first-order chi connectivity index (χ1) is 14.9. The lowest BCUT2D eigenvalue weighted by atomic mass is 10.1. The normalized spacial score (nSPS) is 23.5. The number of carbonyl (C=O) groups is 3. The fourth-order valence-corrected chi connectivity index (χ4v) is 4.92. The Morgan fingerprint density at radius 3 is 2.52 bits per heavy atom. The van der Waals surface area contributed by atoms with Crippen LogP contribution in [0.3, 0.4) is 0 Å². The van der Waals surface area contributed by atoms with Crippen molar-refractivity contribution < 1.29 is 23.2 Å². The van der Waals surface area contributed by atoms with Gasteiger partial charge in [0.15, 0.2) is 0 Å². The SMILES string of the molecule is O=C(N[C@@H]1CCN(c2ccccc2F)C1=O)[C@@H]1CS[C@@H](Cc2ccccc2F)C(=O)N1. The summed E-state index contributed by atoms with van der Waals surface area (Å²) in [5, 5.41) is 4.84. The minimum Gasteiger partial charge on any atom is -0.343 e. The van der Waals surface area contributed by atoms with E-state index in [9.17, 15) is 23.2 Å². The van der Waals surface area contributed by atoms with E-state index in [1.807, 2.05) is 0 Å². The number of nitrogens with one attached hydrogen (secondary N) is 2. The highest BCUT2D eigenvalue weighted by Gasteiger charge is 2.38. The Hall–Kier alpha value is -2.94. The first-order valence-electron chi connectivity index (χ1n) is 9.95. The van der Waals surface area contributed by atoms with Gasteiger partial charge in [0.2, 0.25) is 17.7 Å². The second kappa shape index (κ2) is 9.05. The van der Waals surface area contributed by atoms with Gasteiger partial charge in [0.1, 0.15) is 23.7 Å². The number of anilines is 1. The zero-order chi connectivity index (χ0) is 22.0. The molecule has 0 unspecified atom stereocenters. The van der Waals surface area contributed by atoms with Crippen molar-refractivity contribution in [3.05, 3.63) is 65.7 Å². The van der Waals surface area contributed by atoms with E-state index in [1.165, 1.54) is 34.9 Å². The Morgan fingerprint density at radius 2 is 1.81 bits per heavy atom. The zero-order valence-corrected chi connectivity index (χ0v) is 17.3. The van der Waals surface area contributed by atoms with Crippen LogP contribution < -0.4 is 15.5 Å². The Kier molecular flexibility index (Phi) is 6.22. The van der Waals surface area contributed by atoms with Gasteiger partial charge in [-0.2, -0.15) is 0 Å². The van der Waals surface area contributed by atoms with Crippen molar-refractivity contribution in [1.29, 1.82) is 0 Å². The molecule has 0 radical (unpaired) electrons. The molecule has 0 saturated carbocycles. The smallest absolute Gasteiger partial charge is 0.249 e. The summed E-state index contributed by atoms with van der Waals surface area (Å²) in [6, 6.07) is 10.7. The van der Waals surface area contributed by atoms with Crippen LogP contribution in [0.1, 0.15) is 12.0 Å². The highest BCUT2D eigenvalue weighted by molar-refractivity contribution is 8.00. The standard InChI is InChI=1S/C22H21F2N3O3S/c23-14-6-2-1-5-13(14)11-19-21(29)26-17(12-31-19)20(28)25-16-9-10-27(22(16)30)18-8-4-3-7-15(18)24/h1-8,16-17,19H,9-12H2,(H,25,28)(H,26,29)/t16-,17+,19+/m1/s1. The monoisotopic (exact) mass is 445 g/mol. The van der Waals surface area contributed by atoms with Crippen LogP contribution in [0.15, 0.2) is 48.5 Å². The predicted octanol–water partition coefficient (Wildman–Crippen LogP) is 2.03. The van der Waals surface area contributed by atoms with Crippen LogP contribution in [0, 0.1) is 11.6 Å². The van der Waals surface area contributed by atoms with Crippen LogP contribution in [-0.4, -0.2) is 47.4 Å². The average Bonchev–Trinajstić information content (AvgIpc) is 3.11. The first-order valence-corrected chi connectivity index (χ1v) is 11.0. The summed E-state index contributed by atoms with van der Waals surface area (Å²) in [4.78, 5) is 39.0. The summed E-state index contributed by atoms with van der Waals surface area (Å²) in [5.41, 5.74) is 0.629.